The molecule has 0 aliphatic carbocycles. The molecule has 0 saturated heterocycles. The number of nitrogens with zero attached hydrogens (tertiary/aromatic N) is 2. The number of rotatable bonds is 8. The van der Waals surface area contributed by atoms with Crippen LogP contribution in [0.5, 0.6) is 0 Å². The molecule has 0 aliphatic heterocycles. The van der Waals surface area contributed by atoms with Crippen LogP contribution in [0.15, 0.2) is 29.4 Å². The van der Waals surface area contributed by atoms with Gasteiger partial charge in [-0.25, -0.2) is 4.99 Å². The lowest BCUT2D eigenvalue weighted by molar-refractivity contribution is -0.127. The minimum absolute atomic E-state index is 0.0102. The molecule has 1 heterocycles. The lowest BCUT2D eigenvalue weighted by Gasteiger charge is -2.17. The Hall–Kier alpha value is -2.50. The van der Waals surface area contributed by atoms with Crippen LogP contribution in [0.3, 0.4) is 0 Å². The highest BCUT2D eigenvalue weighted by molar-refractivity contribution is 5.87. The molecule has 148 valence electrons. The number of carbonyl (C=O) groups is 1. The number of fused-ring (bicyclic) bond motifs is 1. The molecule has 1 aromatic carbocycles. The molecule has 0 bridgehead atoms. The minimum Gasteiger partial charge on any atom is -0.361 e. The minimum atomic E-state index is -0.0102. The van der Waals surface area contributed by atoms with E-state index in [1.807, 2.05) is 0 Å². The summed E-state index contributed by atoms with van der Waals surface area (Å²) in [5.41, 5.74) is 3.87. The van der Waals surface area contributed by atoms with Gasteiger partial charge in [0.15, 0.2) is 5.96 Å². The predicted octanol–water partition coefficient (Wildman–Crippen LogP) is 2.69. The van der Waals surface area contributed by atoms with Crippen molar-refractivity contribution in [2.45, 2.75) is 46.1 Å². The van der Waals surface area contributed by atoms with Crippen LogP contribution in [-0.4, -0.2) is 55.0 Å². The van der Waals surface area contributed by atoms with Crippen LogP contribution in [0.25, 0.3) is 10.9 Å². The van der Waals surface area contributed by atoms with Gasteiger partial charge in [-0.2, -0.15) is 0 Å². The third-order valence-electron chi connectivity index (χ3n) is 4.82. The molecular formula is C21H33N5O. The number of para-hydroxylation sites is 1. The lowest BCUT2D eigenvalue weighted by atomic mass is 10.1. The maximum Gasteiger partial charge on any atom is 0.243 e. The summed E-state index contributed by atoms with van der Waals surface area (Å²) >= 11 is 0. The summed E-state index contributed by atoms with van der Waals surface area (Å²) in [4.78, 5) is 21.2. The monoisotopic (exact) mass is 371 g/mol. The van der Waals surface area contributed by atoms with Crippen LogP contribution in [0.2, 0.25) is 0 Å². The maximum atomic E-state index is 11.8. The van der Waals surface area contributed by atoms with E-state index in [0.717, 1.165) is 25.8 Å². The second kappa shape index (κ2) is 10.00. The first-order valence-electron chi connectivity index (χ1n) is 9.79. The van der Waals surface area contributed by atoms with Gasteiger partial charge in [0, 0.05) is 43.8 Å². The zero-order chi connectivity index (χ0) is 19.8. The van der Waals surface area contributed by atoms with Crippen molar-refractivity contribution >= 4 is 22.8 Å². The summed E-state index contributed by atoms with van der Waals surface area (Å²) in [5.74, 6) is 0.678. The van der Waals surface area contributed by atoms with Gasteiger partial charge in [0.25, 0.3) is 0 Å². The fourth-order valence-corrected chi connectivity index (χ4v) is 2.87. The zero-order valence-electron chi connectivity index (χ0n) is 17.2. The van der Waals surface area contributed by atoms with E-state index in [1.165, 1.54) is 22.0 Å². The normalized spacial score (nSPS) is 12.9. The number of hydrogen-bond acceptors (Lipinski definition) is 2. The zero-order valence-corrected chi connectivity index (χ0v) is 17.2. The van der Waals surface area contributed by atoms with Crippen LogP contribution >= 0.6 is 0 Å². The number of nitrogens with one attached hydrogen (secondary N) is 3. The van der Waals surface area contributed by atoms with E-state index in [-0.39, 0.29) is 12.5 Å². The number of benzene rings is 1. The molecule has 1 amide bonds. The van der Waals surface area contributed by atoms with Crippen LogP contribution in [0.4, 0.5) is 0 Å². The predicted molar refractivity (Wildman–Crippen MR) is 113 cm³/mol. The summed E-state index contributed by atoms with van der Waals surface area (Å²) in [6.07, 6.45) is 4.99. The van der Waals surface area contributed by atoms with Gasteiger partial charge < -0.3 is 20.5 Å². The highest BCUT2D eigenvalue weighted by Crippen LogP contribution is 2.22. The van der Waals surface area contributed by atoms with Crippen molar-refractivity contribution in [2.75, 3.05) is 27.2 Å². The van der Waals surface area contributed by atoms with Crippen molar-refractivity contribution in [3.63, 3.8) is 0 Å². The second-order valence-electron chi connectivity index (χ2n) is 7.09. The number of likely N-dealkylation sites (N-methyl/N-ethyl adjacent to an activating group) is 1. The topological polar surface area (TPSA) is 72.5 Å². The molecule has 2 aromatic rings. The van der Waals surface area contributed by atoms with E-state index < -0.39 is 0 Å². The average molecular weight is 372 g/mol. The van der Waals surface area contributed by atoms with E-state index in [2.05, 4.69) is 65.8 Å². The van der Waals surface area contributed by atoms with Crippen molar-refractivity contribution in [2.24, 2.45) is 4.99 Å². The van der Waals surface area contributed by atoms with E-state index in [9.17, 15) is 4.79 Å². The molecule has 2 rings (SSSR count). The highest BCUT2D eigenvalue weighted by Gasteiger charge is 2.09. The molecule has 0 radical (unpaired) electrons. The lowest BCUT2D eigenvalue weighted by Crippen LogP contribution is -2.43. The van der Waals surface area contributed by atoms with Gasteiger partial charge in [-0.15, -0.1) is 0 Å². The summed E-state index contributed by atoms with van der Waals surface area (Å²) in [6.45, 7) is 7.30. The van der Waals surface area contributed by atoms with Gasteiger partial charge in [0.05, 0.1) is 0 Å². The summed E-state index contributed by atoms with van der Waals surface area (Å²) in [6, 6.07) is 6.76. The Kier molecular flexibility index (Phi) is 7.70. The first kappa shape index (κ1) is 20.8. The first-order chi connectivity index (χ1) is 13.0. The number of aromatic amines is 1. The maximum absolute atomic E-state index is 11.8. The van der Waals surface area contributed by atoms with Crippen molar-refractivity contribution in [3.8, 4) is 0 Å². The van der Waals surface area contributed by atoms with Crippen LogP contribution in [-0.2, 0) is 17.6 Å². The molecule has 3 N–H and O–H groups in total. The second-order valence-corrected chi connectivity index (χ2v) is 7.09. The smallest absolute Gasteiger partial charge is 0.243 e. The van der Waals surface area contributed by atoms with Gasteiger partial charge in [-0.3, -0.25) is 4.79 Å². The molecule has 0 saturated carbocycles. The van der Waals surface area contributed by atoms with Gasteiger partial charge in [-0.1, -0.05) is 32.0 Å². The number of H-pyrrole nitrogens is 1. The van der Waals surface area contributed by atoms with Gasteiger partial charge in [-0.05, 0) is 37.3 Å². The fraction of sp³-hybridized carbons (Fsp3) is 0.524. The summed E-state index contributed by atoms with van der Waals surface area (Å²) in [7, 11) is 3.49. The van der Waals surface area contributed by atoms with E-state index in [1.54, 1.807) is 19.0 Å². The van der Waals surface area contributed by atoms with Crippen molar-refractivity contribution in [3.05, 3.63) is 35.5 Å². The fourth-order valence-electron chi connectivity index (χ4n) is 2.87. The van der Waals surface area contributed by atoms with Crippen molar-refractivity contribution in [1.29, 1.82) is 0 Å². The van der Waals surface area contributed by atoms with Crippen molar-refractivity contribution in [1.82, 2.24) is 20.5 Å². The number of aliphatic imine (C=N–C) groups is 1. The average Bonchev–Trinajstić information content (AvgIpc) is 3.08. The molecule has 1 atom stereocenters. The number of carbonyl (C=O) groups excluding carboxylic acids is 1. The third-order valence-corrected chi connectivity index (χ3v) is 4.82. The molecule has 0 fully saturated rings. The molecule has 0 spiro atoms. The van der Waals surface area contributed by atoms with Crippen LogP contribution < -0.4 is 10.6 Å². The Bertz CT molecular complexity index is 778. The Morgan fingerprint density at radius 3 is 2.70 bits per heavy atom. The quantitative estimate of drug-likeness (QED) is 0.493. The molecule has 1 unspecified atom stereocenters. The summed E-state index contributed by atoms with van der Waals surface area (Å²) < 4.78 is 0. The van der Waals surface area contributed by atoms with Gasteiger partial charge >= 0.3 is 0 Å². The number of aromatic nitrogens is 1. The Balaban J connectivity index is 2.02. The molecule has 6 heteroatoms. The largest absolute Gasteiger partial charge is 0.361 e. The Labute approximate surface area is 162 Å². The Morgan fingerprint density at radius 1 is 1.26 bits per heavy atom. The van der Waals surface area contributed by atoms with Crippen LogP contribution in [0.1, 0.15) is 38.3 Å². The van der Waals surface area contributed by atoms with Gasteiger partial charge in [0.2, 0.25) is 5.91 Å². The molecular weight excluding hydrogens is 338 g/mol. The standard InChI is InChI=1S/C21H33N5O/c1-6-15(3)25-21(24-14-19(27)26(4)5)22-12-11-17-13-23-20-16(7-2)9-8-10-18(17)20/h8-10,13,15,23H,6-7,11-12,14H2,1-5H3,(H2,22,24,25). The Morgan fingerprint density at radius 2 is 2.04 bits per heavy atom. The highest BCUT2D eigenvalue weighted by atomic mass is 16.2. The van der Waals surface area contributed by atoms with Gasteiger partial charge in [0.1, 0.15) is 6.54 Å². The molecule has 6 nitrogen and oxygen atoms in total. The molecule has 0 aliphatic rings. The number of hydrogen-bond donors (Lipinski definition) is 3. The number of aryl methyl sites for hydroxylation is 1. The van der Waals surface area contributed by atoms with E-state index in [4.69, 9.17) is 0 Å². The number of guanidine groups is 1. The summed E-state index contributed by atoms with van der Waals surface area (Å²) in [5, 5.41) is 8.01. The van der Waals surface area contributed by atoms with E-state index >= 15 is 0 Å². The third kappa shape index (κ3) is 5.74. The molecule has 1 aromatic heterocycles. The first-order valence-corrected chi connectivity index (χ1v) is 9.79. The SMILES string of the molecule is CCc1cccc2c(CCNC(=NCC(=O)N(C)C)NC(C)CC)c[nH]c12. The van der Waals surface area contributed by atoms with Crippen molar-refractivity contribution < 1.29 is 4.79 Å². The van der Waals surface area contributed by atoms with Crippen LogP contribution in [0, 0.1) is 0 Å². The number of amides is 1. The van der Waals surface area contributed by atoms with E-state index in [0.29, 0.717) is 12.0 Å². The molecule has 27 heavy (non-hydrogen) atoms.